The Bertz CT molecular complexity index is 119. The van der Waals surface area contributed by atoms with Crippen LogP contribution in [0.4, 0.5) is 0 Å². The van der Waals surface area contributed by atoms with Crippen LogP contribution in [0.1, 0.15) is 0 Å². The molecule has 1 heterocycles. The van der Waals surface area contributed by atoms with E-state index in [2.05, 4.69) is 11.2 Å². The zero-order valence-electron chi connectivity index (χ0n) is 5.40. The van der Waals surface area contributed by atoms with Gasteiger partial charge < -0.3 is 10.1 Å². The summed E-state index contributed by atoms with van der Waals surface area (Å²) in [7, 11) is 0. The summed E-state index contributed by atoms with van der Waals surface area (Å²) in [6.45, 7) is -0.250. The summed E-state index contributed by atoms with van der Waals surface area (Å²) in [5, 5.41) is 6.89. The van der Waals surface area contributed by atoms with Crippen LogP contribution in [0.5, 0.6) is 0 Å². The van der Waals surface area contributed by atoms with Gasteiger partial charge in [0, 0.05) is 19.5 Å². The number of nitrogens with zero attached hydrogens (tertiary/aromatic N) is 1. The number of aromatic nitrogens is 1. The minimum atomic E-state index is -0.250. The molecule has 1 N–H and O–H groups in total. The fourth-order valence-corrected chi connectivity index (χ4v) is 0.277. The van der Waals surface area contributed by atoms with E-state index in [0.29, 0.717) is 0 Å². The Labute approximate surface area is 71.9 Å². The van der Waals surface area contributed by atoms with Gasteiger partial charge in [-0.25, -0.2) is 0 Å². The van der Waals surface area contributed by atoms with Gasteiger partial charge in [0.15, 0.2) is 0 Å². The molecule has 0 unspecified atom stereocenters. The third-order valence-corrected chi connectivity index (χ3v) is 0.517. The van der Waals surface area contributed by atoms with Gasteiger partial charge in [0.1, 0.15) is 0 Å². The molecular formula is C6H6NO2Zn-. The summed E-state index contributed by atoms with van der Waals surface area (Å²) >= 11 is 0. The van der Waals surface area contributed by atoms with Gasteiger partial charge in [-0.2, -0.15) is 18.2 Å². The zero-order chi connectivity index (χ0) is 6.95. The van der Waals surface area contributed by atoms with Crippen LogP contribution in [-0.4, -0.2) is 16.6 Å². The second-order valence-corrected chi connectivity index (χ2v) is 1.06. The molecule has 0 amide bonds. The molecule has 0 radical (unpaired) electrons. The molecule has 3 nitrogen and oxygen atoms in total. The summed E-state index contributed by atoms with van der Waals surface area (Å²) in [5.74, 6) is 0. The molecule has 0 bridgehead atoms. The van der Waals surface area contributed by atoms with Crippen molar-refractivity contribution >= 4 is 6.47 Å². The van der Waals surface area contributed by atoms with Crippen molar-refractivity contribution in [2.75, 3.05) is 0 Å². The quantitative estimate of drug-likeness (QED) is 0.369. The van der Waals surface area contributed by atoms with Crippen LogP contribution in [0.2, 0.25) is 0 Å². The molecule has 0 fully saturated rings. The fourth-order valence-electron chi connectivity index (χ4n) is 0.277. The molecule has 0 spiro atoms. The van der Waals surface area contributed by atoms with E-state index in [4.69, 9.17) is 9.90 Å². The van der Waals surface area contributed by atoms with Gasteiger partial charge in [-0.3, -0.25) is 4.79 Å². The van der Waals surface area contributed by atoms with Gasteiger partial charge in [0.2, 0.25) is 0 Å². The first-order valence-corrected chi connectivity index (χ1v) is 2.26. The van der Waals surface area contributed by atoms with Crippen molar-refractivity contribution in [1.82, 2.24) is 4.98 Å². The molecule has 1 rings (SSSR count). The molecule has 4 heteroatoms. The number of rotatable bonds is 0. The topological polar surface area (TPSA) is 50.2 Å². The number of hydrogen-bond acceptors (Lipinski definition) is 2. The maximum Gasteiger partial charge on any atom is 0.290 e. The van der Waals surface area contributed by atoms with E-state index in [0.717, 1.165) is 0 Å². The fraction of sp³-hybridized carbons (Fsp3) is 0. The first-order chi connectivity index (χ1) is 4.41. The standard InChI is InChI=1S/C5H4N.CH2O2.Zn/c1-2-4-6-5-3-1;2-1-3;/h1-4H;1H,(H,2,3);/q-1;;. The van der Waals surface area contributed by atoms with Crippen LogP contribution in [0.25, 0.3) is 0 Å². The Kier molecular flexibility index (Phi) is 13.3. The third-order valence-electron chi connectivity index (χ3n) is 0.517. The monoisotopic (exact) mass is 188 g/mol. The summed E-state index contributed by atoms with van der Waals surface area (Å²) in [4.78, 5) is 12.0. The molecule has 0 aliphatic heterocycles. The zero-order valence-corrected chi connectivity index (χ0v) is 8.36. The molecule has 0 aliphatic carbocycles. The van der Waals surface area contributed by atoms with Gasteiger partial charge in [-0.05, 0) is 0 Å². The van der Waals surface area contributed by atoms with E-state index >= 15 is 0 Å². The van der Waals surface area contributed by atoms with Crippen LogP contribution >= 0.6 is 0 Å². The van der Waals surface area contributed by atoms with E-state index < -0.39 is 0 Å². The number of hydrogen-bond donors (Lipinski definition) is 1. The van der Waals surface area contributed by atoms with Crippen LogP contribution in [0, 0.1) is 6.20 Å². The van der Waals surface area contributed by atoms with Crippen LogP contribution < -0.4 is 0 Å². The first kappa shape index (κ1) is 12.0. The van der Waals surface area contributed by atoms with Gasteiger partial charge in [0.25, 0.3) is 6.47 Å². The van der Waals surface area contributed by atoms with Crippen molar-refractivity contribution in [3.63, 3.8) is 0 Å². The molecule has 0 saturated carbocycles. The Morgan fingerprint density at radius 2 is 2.10 bits per heavy atom. The van der Waals surface area contributed by atoms with Gasteiger partial charge in [-0.15, -0.1) is 0 Å². The number of carboxylic acid groups (broad SMARTS) is 1. The van der Waals surface area contributed by atoms with Gasteiger partial charge in [-0.1, -0.05) is 12.4 Å². The van der Waals surface area contributed by atoms with Gasteiger partial charge >= 0.3 is 0 Å². The van der Waals surface area contributed by atoms with E-state index in [9.17, 15) is 0 Å². The minimum absolute atomic E-state index is 0. The minimum Gasteiger partial charge on any atom is -0.483 e. The van der Waals surface area contributed by atoms with Crippen molar-refractivity contribution < 1.29 is 29.4 Å². The Balaban J connectivity index is 0. The number of carbonyl (C=O) groups is 1. The van der Waals surface area contributed by atoms with E-state index in [1.807, 2.05) is 12.1 Å². The summed E-state index contributed by atoms with van der Waals surface area (Å²) in [6.07, 6.45) is 4.34. The SMILES string of the molecule is O=CO.[Zn].[c-]1ccccn1. The van der Waals surface area contributed by atoms with Crippen molar-refractivity contribution in [1.29, 1.82) is 0 Å². The first-order valence-electron chi connectivity index (χ1n) is 2.26. The number of pyridine rings is 1. The Morgan fingerprint density at radius 1 is 1.50 bits per heavy atom. The van der Waals surface area contributed by atoms with Crippen LogP contribution in [0.15, 0.2) is 24.4 Å². The average Bonchev–Trinajstić information content (AvgIpc) is 1.93. The molecule has 50 valence electrons. The second kappa shape index (κ2) is 11.1. The van der Waals surface area contributed by atoms with Crippen molar-refractivity contribution in [3.8, 4) is 0 Å². The average molecular weight is 190 g/mol. The molecular weight excluding hydrogens is 183 g/mol. The Hall–Kier alpha value is -0.757. The predicted molar refractivity (Wildman–Crippen MR) is 31.8 cm³/mol. The molecule has 1 aromatic rings. The van der Waals surface area contributed by atoms with Crippen LogP contribution in [0.3, 0.4) is 0 Å². The van der Waals surface area contributed by atoms with E-state index in [1.165, 1.54) is 0 Å². The molecule has 0 aromatic carbocycles. The van der Waals surface area contributed by atoms with Crippen molar-refractivity contribution in [2.24, 2.45) is 0 Å². The molecule has 1 aromatic heterocycles. The maximum absolute atomic E-state index is 8.36. The third kappa shape index (κ3) is 10.3. The van der Waals surface area contributed by atoms with Gasteiger partial charge in [0.05, 0.1) is 0 Å². The van der Waals surface area contributed by atoms with E-state index in [-0.39, 0.29) is 26.0 Å². The van der Waals surface area contributed by atoms with Crippen molar-refractivity contribution in [2.45, 2.75) is 0 Å². The second-order valence-electron chi connectivity index (χ2n) is 1.06. The summed E-state index contributed by atoms with van der Waals surface area (Å²) < 4.78 is 0. The predicted octanol–water partition coefficient (Wildman–Crippen LogP) is 0.580. The normalized spacial score (nSPS) is 6.00. The Morgan fingerprint density at radius 3 is 2.20 bits per heavy atom. The molecule has 10 heavy (non-hydrogen) atoms. The van der Waals surface area contributed by atoms with Crippen LogP contribution in [-0.2, 0) is 24.3 Å². The summed E-state index contributed by atoms with van der Waals surface area (Å²) in [6, 6.07) is 5.50. The molecule has 0 saturated heterocycles. The maximum atomic E-state index is 8.36. The smallest absolute Gasteiger partial charge is 0.290 e. The summed E-state index contributed by atoms with van der Waals surface area (Å²) in [5.41, 5.74) is 0. The molecule has 0 atom stereocenters. The molecule has 0 aliphatic rings. The van der Waals surface area contributed by atoms with E-state index in [1.54, 1.807) is 12.3 Å². The largest absolute Gasteiger partial charge is 0.483 e. The van der Waals surface area contributed by atoms with Crippen molar-refractivity contribution in [3.05, 3.63) is 30.6 Å².